The van der Waals surface area contributed by atoms with Crippen LogP contribution in [0.5, 0.6) is 5.75 Å². The topological polar surface area (TPSA) is 145 Å². The zero-order valence-corrected chi connectivity index (χ0v) is 30.1. The number of aromatic hydroxyl groups is 1. The molecule has 1 fully saturated rings. The van der Waals surface area contributed by atoms with E-state index in [-0.39, 0.29) is 41.6 Å². The monoisotopic (exact) mass is 660 g/mol. The lowest BCUT2D eigenvalue weighted by Crippen LogP contribution is -2.69. The smallest absolute Gasteiger partial charge is 0.203 e. The zero-order valence-electron chi connectivity index (χ0n) is 30.1. The van der Waals surface area contributed by atoms with Crippen molar-refractivity contribution in [3.63, 3.8) is 0 Å². The predicted molar refractivity (Wildman–Crippen MR) is 185 cm³/mol. The first-order valence-corrected chi connectivity index (χ1v) is 17.4. The first-order valence-electron chi connectivity index (χ1n) is 17.4. The van der Waals surface area contributed by atoms with E-state index in [1.54, 1.807) is 20.8 Å². The number of allylic oxidation sites excluding steroid dienone is 1. The third kappa shape index (κ3) is 5.17. The zero-order chi connectivity index (χ0) is 35.8. The lowest BCUT2D eigenvalue weighted by molar-refractivity contribution is -0.178. The Bertz CT molecular complexity index is 1750. The van der Waals surface area contributed by atoms with Gasteiger partial charge in [0.15, 0.2) is 17.2 Å². The number of carbonyl (C=O) groups excluding carboxylic acids is 3. The molecule has 1 saturated carbocycles. The lowest BCUT2D eigenvalue weighted by Gasteiger charge is -2.59. The molecule has 4 N–H and O–H groups in total. The third-order valence-electron chi connectivity index (χ3n) is 11.4. The molecule has 5 rings (SSSR count). The normalized spacial score (nSPS) is 27.9. The largest absolute Gasteiger partial charge is 0.508 e. The number of phenolic OH excluding ortho intramolecular Hbond substituents is 1. The number of rotatable bonds is 9. The van der Waals surface area contributed by atoms with Gasteiger partial charge in [0, 0.05) is 28.7 Å². The van der Waals surface area contributed by atoms with Gasteiger partial charge in [-0.15, -0.1) is 0 Å². The average Bonchev–Trinajstić information content (AvgIpc) is 3.41. The van der Waals surface area contributed by atoms with Gasteiger partial charge in [-0.1, -0.05) is 75.2 Å². The number of aliphatic hydroxyl groups is 3. The van der Waals surface area contributed by atoms with Gasteiger partial charge in [0.2, 0.25) is 5.78 Å². The van der Waals surface area contributed by atoms with Gasteiger partial charge in [0.05, 0.1) is 11.1 Å². The van der Waals surface area contributed by atoms with E-state index in [4.69, 9.17) is 4.42 Å². The molecule has 5 atom stereocenters. The van der Waals surface area contributed by atoms with Gasteiger partial charge in [0.1, 0.15) is 34.4 Å². The summed E-state index contributed by atoms with van der Waals surface area (Å²) in [6.07, 6.45) is 3.23. The van der Waals surface area contributed by atoms with Gasteiger partial charge in [-0.2, -0.15) is 0 Å². The molecule has 0 bridgehead atoms. The highest BCUT2D eigenvalue weighted by atomic mass is 16.4. The summed E-state index contributed by atoms with van der Waals surface area (Å²) in [4.78, 5) is 41.1. The first-order chi connectivity index (χ1) is 22.2. The number of hydrogen-bond donors (Lipinski definition) is 4. The third-order valence-corrected chi connectivity index (χ3v) is 11.4. The van der Waals surface area contributed by atoms with E-state index in [2.05, 4.69) is 20.8 Å². The summed E-state index contributed by atoms with van der Waals surface area (Å²) >= 11 is 0. The fraction of sp³-hybridized carbons (Fsp3) is 0.575. The summed E-state index contributed by atoms with van der Waals surface area (Å²) in [7, 11) is 0. The molecule has 1 aromatic heterocycles. The molecule has 2 unspecified atom stereocenters. The van der Waals surface area contributed by atoms with Gasteiger partial charge < -0.3 is 24.8 Å². The Labute approximate surface area is 283 Å². The fourth-order valence-corrected chi connectivity index (χ4v) is 9.21. The summed E-state index contributed by atoms with van der Waals surface area (Å²) in [5, 5.41) is 47.7. The fourth-order valence-electron chi connectivity index (χ4n) is 9.21. The quantitative estimate of drug-likeness (QED) is 0.197. The standard InChI is InChI=1S/C40H52O8/c1-19(2)11-12-22(7)15-24-13-14-28(48-24)26-16-25(20(3)4)27-17-38(9)18-39(10)31(21(5)6)34(43)29(23(8)41)36(45)40(39,47)37(46)32(38)35(44)30(27)33(26)42/h13-14,16,19-22,31,42,44-45,47H,11-12,15,17-18H2,1-10H3/t22?,31?,38-,39-,40+/m1/s1. The molecular formula is C40H52O8. The van der Waals surface area contributed by atoms with Crippen LogP contribution < -0.4 is 0 Å². The maximum Gasteiger partial charge on any atom is 0.203 e. The molecule has 3 aliphatic rings. The summed E-state index contributed by atoms with van der Waals surface area (Å²) < 4.78 is 6.26. The molecule has 260 valence electrons. The van der Waals surface area contributed by atoms with Crippen LogP contribution >= 0.6 is 0 Å². The Morgan fingerprint density at radius 1 is 1.00 bits per heavy atom. The van der Waals surface area contributed by atoms with E-state index in [1.807, 2.05) is 39.0 Å². The van der Waals surface area contributed by atoms with Crippen molar-refractivity contribution in [2.45, 2.75) is 113 Å². The van der Waals surface area contributed by atoms with Crippen LogP contribution in [-0.4, -0.2) is 43.4 Å². The molecule has 0 aliphatic heterocycles. The van der Waals surface area contributed by atoms with Gasteiger partial charge >= 0.3 is 0 Å². The van der Waals surface area contributed by atoms with Crippen molar-refractivity contribution in [2.75, 3.05) is 0 Å². The number of fused-ring (bicyclic) bond motifs is 3. The van der Waals surface area contributed by atoms with E-state index in [0.29, 0.717) is 28.7 Å². The van der Waals surface area contributed by atoms with Crippen LogP contribution in [0.4, 0.5) is 0 Å². The number of hydrogen-bond acceptors (Lipinski definition) is 8. The van der Waals surface area contributed by atoms with E-state index < -0.39 is 56.8 Å². The number of ketones is 3. The molecule has 1 aromatic carbocycles. The minimum Gasteiger partial charge on any atom is -0.508 e. The number of carbonyl (C=O) groups is 3. The second kappa shape index (κ2) is 12.0. The van der Waals surface area contributed by atoms with Crippen molar-refractivity contribution in [3.8, 4) is 17.1 Å². The molecule has 8 nitrogen and oxygen atoms in total. The molecule has 3 aliphatic carbocycles. The Kier molecular flexibility index (Phi) is 8.94. The van der Waals surface area contributed by atoms with E-state index in [0.717, 1.165) is 37.5 Å². The van der Waals surface area contributed by atoms with E-state index in [1.165, 1.54) is 0 Å². The molecule has 2 aromatic rings. The summed E-state index contributed by atoms with van der Waals surface area (Å²) in [6, 6.07) is 5.61. The number of aliphatic hydroxyl groups excluding tert-OH is 2. The second-order valence-electron chi connectivity index (χ2n) is 16.4. The van der Waals surface area contributed by atoms with Crippen LogP contribution in [0.3, 0.4) is 0 Å². The highest BCUT2D eigenvalue weighted by Crippen LogP contribution is 2.65. The highest BCUT2D eigenvalue weighted by Gasteiger charge is 2.72. The Hall–Kier alpha value is -3.65. The van der Waals surface area contributed by atoms with Crippen molar-refractivity contribution in [2.24, 2.45) is 34.5 Å². The Morgan fingerprint density at radius 2 is 1.65 bits per heavy atom. The van der Waals surface area contributed by atoms with Crippen LogP contribution in [0.15, 0.2) is 39.5 Å². The molecule has 0 radical (unpaired) electrons. The van der Waals surface area contributed by atoms with Crippen molar-refractivity contribution in [1.29, 1.82) is 0 Å². The molecule has 0 saturated heterocycles. The number of Topliss-reactive ketones (excluding diaryl/α,β-unsaturated/α-hetero) is 3. The minimum atomic E-state index is -2.65. The van der Waals surface area contributed by atoms with Gasteiger partial charge in [-0.25, -0.2) is 0 Å². The SMILES string of the molecule is CC(=O)C1=C(O)[C@]2(O)C(=O)C3=C(O)c4c(O)c(-c5ccc(CC(C)CCC(C)C)o5)cc(C(C)C)c4C[C@]3(C)C[C@]2(C)C(C(C)C)C1=O. The Balaban J connectivity index is 1.70. The van der Waals surface area contributed by atoms with Gasteiger partial charge in [0.25, 0.3) is 0 Å². The van der Waals surface area contributed by atoms with Crippen LogP contribution in [-0.2, 0) is 27.2 Å². The summed E-state index contributed by atoms with van der Waals surface area (Å²) in [6.45, 7) is 18.8. The van der Waals surface area contributed by atoms with E-state index in [9.17, 15) is 34.8 Å². The van der Waals surface area contributed by atoms with Gasteiger partial charge in [-0.3, -0.25) is 14.4 Å². The van der Waals surface area contributed by atoms with Crippen molar-refractivity contribution in [1.82, 2.24) is 0 Å². The van der Waals surface area contributed by atoms with Crippen LogP contribution in [0.25, 0.3) is 17.1 Å². The average molecular weight is 661 g/mol. The molecule has 8 heteroatoms. The van der Waals surface area contributed by atoms with Crippen molar-refractivity contribution in [3.05, 3.63) is 57.6 Å². The number of benzene rings is 1. The molecule has 0 spiro atoms. The number of phenols is 1. The maximum absolute atomic E-state index is 14.7. The summed E-state index contributed by atoms with van der Waals surface area (Å²) in [5.41, 5.74) is -3.91. The van der Waals surface area contributed by atoms with Gasteiger partial charge in [-0.05, 0) is 72.8 Å². The van der Waals surface area contributed by atoms with Crippen molar-refractivity contribution >= 4 is 23.1 Å². The second-order valence-corrected chi connectivity index (χ2v) is 16.4. The van der Waals surface area contributed by atoms with E-state index >= 15 is 0 Å². The molecule has 0 amide bonds. The maximum atomic E-state index is 14.7. The molecule has 1 heterocycles. The van der Waals surface area contributed by atoms with Crippen LogP contribution in [0, 0.1) is 34.5 Å². The number of furan rings is 1. The Morgan fingerprint density at radius 3 is 2.21 bits per heavy atom. The predicted octanol–water partition coefficient (Wildman–Crippen LogP) is 8.19. The summed E-state index contributed by atoms with van der Waals surface area (Å²) in [5.74, 6) is -3.11. The van der Waals surface area contributed by atoms with Crippen molar-refractivity contribution < 1.29 is 39.2 Å². The first kappa shape index (κ1) is 35.7. The molecule has 48 heavy (non-hydrogen) atoms. The molecular weight excluding hydrogens is 608 g/mol. The minimum absolute atomic E-state index is 0.0295. The van der Waals surface area contributed by atoms with Crippen LogP contribution in [0.1, 0.15) is 117 Å². The van der Waals surface area contributed by atoms with Crippen LogP contribution in [0.2, 0.25) is 0 Å². The lowest BCUT2D eigenvalue weighted by atomic mass is 9.43. The highest BCUT2D eigenvalue weighted by molar-refractivity contribution is 6.24.